The normalized spacial score (nSPS) is 14.4. The van der Waals surface area contributed by atoms with E-state index in [1.165, 1.54) is 36.2 Å². The van der Waals surface area contributed by atoms with Crippen molar-refractivity contribution < 1.29 is 0 Å². The first-order valence-corrected chi connectivity index (χ1v) is 6.53. The van der Waals surface area contributed by atoms with E-state index in [9.17, 15) is 0 Å². The second-order valence-corrected chi connectivity index (χ2v) is 4.91. The average Bonchev–Trinajstić information content (AvgIpc) is 2.90. The molecule has 0 bridgehead atoms. The number of nitrogens with zero attached hydrogens (tertiary/aromatic N) is 2. The summed E-state index contributed by atoms with van der Waals surface area (Å²) in [7, 11) is 2.18. The van der Waals surface area contributed by atoms with Gasteiger partial charge in [0.05, 0.1) is 6.54 Å². The van der Waals surface area contributed by atoms with E-state index in [4.69, 9.17) is 0 Å². The first-order valence-electron chi connectivity index (χ1n) is 6.53. The van der Waals surface area contributed by atoms with E-state index < -0.39 is 0 Å². The maximum absolute atomic E-state index is 3.36. The van der Waals surface area contributed by atoms with Gasteiger partial charge in [-0.05, 0) is 42.2 Å². The first kappa shape index (κ1) is 11.2. The third-order valence-electron chi connectivity index (χ3n) is 3.56. The Labute approximate surface area is 108 Å². The smallest absolute Gasteiger partial charge is 0.0564 e. The van der Waals surface area contributed by atoms with Crippen LogP contribution in [0, 0.1) is 0 Å². The summed E-state index contributed by atoms with van der Waals surface area (Å²) in [5.74, 6) is 0. The predicted molar refractivity (Wildman–Crippen MR) is 75.5 cm³/mol. The lowest BCUT2D eigenvalue weighted by Crippen LogP contribution is -2.24. The number of benzene rings is 1. The third-order valence-corrected chi connectivity index (χ3v) is 3.56. The topological polar surface area (TPSA) is 20.2 Å². The minimum atomic E-state index is 0.867. The highest BCUT2D eigenvalue weighted by molar-refractivity contribution is 5.56. The molecule has 1 N–H and O–H groups in total. The van der Waals surface area contributed by atoms with Gasteiger partial charge in [-0.15, -0.1) is 0 Å². The molecule has 0 fully saturated rings. The molecule has 3 nitrogen and oxygen atoms in total. The van der Waals surface area contributed by atoms with Crippen LogP contribution in [0.2, 0.25) is 0 Å². The van der Waals surface area contributed by atoms with Gasteiger partial charge in [-0.1, -0.05) is 12.1 Å². The fourth-order valence-electron chi connectivity index (χ4n) is 2.57. The van der Waals surface area contributed by atoms with Crippen molar-refractivity contribution in [3.63, 3.8) is 0 Å². The highest BCUT2D eigenvalue weighted by atomic mass is 15.4. The molecule has 0 aliphatic carbocycles. The number of aryl methyl sites for hydroxylation is 1. The fraction of sp³-hybridized carbons (Fsp3) is 0.333. The SMILES string of the molecule is CN1CCCc2cc(CNn3cccc3)ccc21. The first-order chi connectivity index (χ1) is 8.83. The van der Waals surface area contributed by atoms with E-state index in [2.05, 4.69) is 35.6 Å². The number of rotatable bonds is 3. The third kappa shape index (κ3) is 2.21. The summed E-state index contributed by atoms with van der Waals surface area (Å²) in [5, 5.41) is 0. The highest BCUT2D eigenvalue weighted by Gasteiger charge is 2.13. The van der Waals surface area contributed by atoms with Crippen LogP contribution in [-0.2, 0) is 13.0 Å². The van der Waals surface area contributed by atoms with Gasteiger partial charge in [0.1, 0.15) is 0 Å². The van der Waals surface area contributed by atoms with Gasteiger partial charge in [-0.2, -0.15) is 0 Å². The molecule has 0 amide bonds. The maximum atomic E-state index is 3.36. The molecule has 0 saturated heterocycles. The second kappa shape index (κ2) is 4.77. The van der Waals surface area contributed by atoms with Crippen molar-refractivity contribution in [2.45, 2.75) is 19.4 Å². The monoisotopic (exact) mass is 241 g/mol. The van der Waals surface area contributed by atoms with E-state index >= 15 is 0 Å². The van der Waals surface area contributed by atoms with Gasteiger partial charge in [0.2, 0.25) is 0 Å². The van der Waals surface area contributed by atoms with Crippen LogP contribution in [0.3, 0.4) is 0 Å². The molecule has 1 aromatic carbocycles. The Morgan fingerprint density at radius 1 is 1.22 bits per heavy atom. The molecule has 3 heteroatoms. The van der Waals surface area contributed by atoms with E-state index in [1.807, 2.05) is 29.2 Å². The quantitative estimate of drug-likeness (QED) is 0.891. The second-order valence-electron chi connectivity index (χ2n) is 4.91. The Bertz CT molecular complexity index is 517. The molecule has 0 atom stereocenters. The molecular formula is C15H19N3. The summed E-state index contributed by atoms with van der Waals surface area (Å²) in [6, 6.07) is 10.9. The number of nitrogens with one attached hydrogen (secondary N) is 1. The van der Waals surface area contributed by atoms with Crippen LogP contribution in [0.1, 0.15) is 17.5 Å². The molecule has 0 unspecified atom stereocenters. The molecule has 94 valence electrons. The Morgan fingerprint density at radius 3 is 2.89 bits per heavy atom. The van der Waals surface area contributed by atoms with E-state index in [-0.39, 0.29) is 0 Å². The van der Waals surface area contributed by atoms with Gasteiger partial charge in [0.15, 0.2) is 0 Å². The van der Waals surface area contributed by atoms with Crippen LogP contribution in [0.15, 0.2) is 42.7 Å². The Kier molecular flexibility index (Phi) is 2.97. The summed E-state index contributed by atoms with van der Waals surface area (Å²) in [6.45, 7) is 2.04. The molecule has 1 aromatic heterocycles. The lowest BCUT2D eigenvalue weighted by atomic mass is 10.00. The lowest BCUT2D eigenvalue weighted by molar-refractivity contribution is 0.742. The van der Waals surface area contributed by atoms with Crippen molar-refractivity contribution in [1.82, 2.24) is 4.68 Å². The molecule has 2 heterocycles. The minimum absolute atomic E-state index is 0.867. The molecule has 2 aromatic rings. The van der Waals surface area contributed by atoms with Crippen LogP contribution in [0.25, 0.3) is 0 Å². The van der Waals surface area contributed by atoms with Crippen molar-refractivity contribution in [2.24, 2.45) is 0 Å². The summed E-state index contributed by atoms with van der Waals surface area (Å²) < 4.78 is 1.99. The number of hydrogen-bond acceptors (Lipinski definition) is 2. The van der Waals surface area contributed by atoms with E-state index in [0.717, 1.165) is 6.54 Å². The number of hydrogen-bond donors (Lipinski definition) is 1. The van der Waals surface area contributed by atoms with Crippen molar-refractivity contribution >= 4 is 5.69 Å². The number of fused-ring (bicyclic) bond motifs is 1. The van der Waals surface area contributed by atoms with Gasteiger partial charge in [-0.25, -0.2) is 0 Å². The summed E-state index contributed by atoms with van der Waals surface area (Å²) in [4.78, 5) is 2.35. The van der Waals surface area contributed by atoms with Crippen LogP contribution < -0.4 is 10.3 Å². The van der Waals surface area contributed by atoms with Crippen LogP contribution in [0.5, 0.6) is 0 Å². The Hall–Kier alpha value is -1.90. The summed E-state index contributed by atoms with van der Waals surface area (Å²) >= 11 is 0. The van der Waals surface area contributed by atoms with Gasteiger partial charge in [-0.3, -0.25) is 4.68 Å². The molecule has 0 saturated carbocycles. The molecule has 0 spiro atoms. The molecule has 18 heavy (non-hydrogen) atoms. The molecule has 1 aliphatic heterocycles. The van der Waals surface area contributed by atoms with Gasteiger partial charge < -0.3 is 10.3 Å². The van der Waals surface area contributed by atoms with Crippen LogP contribution in [0.4, 0.5) is 5.69 Å². The molecular weight excluding hydrogens is 222 g/mol. The van der Waals surface area contributed by atoms with Crippen molar-refractivity contribution in [3.05, 3.63) is 53.9 Å². The molecule has 0 radical (unpaired) electrons. The zero-order valence-corrected chi connectivity index (χ0v) is 10.8. The maximum Gasteiger partial charge on any atom is 0.0564 e. The standard InChI is InChI=1S/C15H19N3/c1-17-8-4-5-14-11-13(6-7-15(14)17)12-16-18-9-2-3-10-18/h2-3,6-7,9-11,16H,4-5,8,12H2,1H3. The summed E-state index contributed by atoms with van der Waals surface area (Å²) in [6.07, 6.45) is 6.51. The van der Waals surface area contributed by atoms with Crippen molar-refractivity contribution in [3.8, 4) is 0 Å². The number of anilines is 1. The molecule has 3 rings (SSSR count). The van der Waals surface area contributed by atoms with Crippen LogP contribution >= 0.6 is 0 Å². The van der Waals surface area contributed by atoms with E-state index in [1.54, 1.807) is 0 Å². The zero-order chi connectivity index (χ0) is 12.4. The lowest BCUT2D eigenvalue weighted by Gasteiger charge is -2.27. The van der Waals surface area contributed by atoms with Gasteiger partial charge in [0.25, 0.3) is 0 Å². The number of aromatic nitrogens is 1. The van der Waals surface area contributed by atoms with Gasteiger partial charge in [0, 0.05) is 31.7 Å². The molecule has 1 aliphatic rings. The van der Waals surface area contributed by atoms with Crippen molar-refractivity contribution in [1.29, 1.82) is 0 Å². The van der Waals surface area contributed by atoms with Gasteiger partial charge >= 0.3 is 0 Å². The Balaban J connectivity index is 1.74. The minimum Gasteiger partial charge on any atom is -0.374 e. The average molecular weight is 241 g/mol. The van der Waals surface area contributed by atoms with E-state index in [0.29, 0.717) is 0 Å². The predicted octanol–water partition coefficient (Wildman–Crippen LogP) is 2.61. The van der Waals surface area contributed by atoms with Crippen LogP contribution in [-0.4, -0.2) is 18.3 Å². The zero-order valence-electron chi connectivity index (χ0n) is 10.8. The summed E-state index contributed by atoms with van der Waals surface area (Å²) in [5.41, 5.74) is 7.58. The fourth-order valence-corrected chi connectivity index (χ4v) is 2.57. The Morgan fingerprint density at radius 2 is 2.06 bits per heavy atom. The highest BCUT2D eigenvalue weighted by Crippen LogP contribution is 2.26. The van der Waals surface area contributed by atoms with Crippen molar-refractivity contribution in [2.75, 3.05) is 23.9 Å². The largest absolute Gasteiger partial charge is 0.374 e.